The standard InChI is InChI=1S/C25H33N3O5/c1-16-6-8-19(9-7-16)20-10-21-24(26-11-20)33-22(13-27(4)23(30)15-32-5)17(2)12-28(25(21)31)18(3)14-29/h6-11,17-18,22,29H,12-15H2,1-5H3/t17-,18+,22+/m0/s1. The summed E-state index contributed by atoms with van der Waals surface area (Å²) in [4.78, 5) is 33.5. The number of hydrogen-bond acceptors (Lipinski definition) is 6. The van der Waals surface area contributed by atoms with Crippen LogP contribution in [0.25, 0.3) is 11.1 Å². The van der Waals surface area contributed by atoms with Crippen molar-refractivity contribution in [3.63, 3.8) is 0 Å². The molecule has 2 heterocycles. The molecule has 0 unspecified atom stereocenters. The van der Waals surface area contributed by atoms with Crippen molar-refractivity contribution in [3.05, 3.63) is 47.7 Å². The number of likely N-dealkylation sites (N-methyl/N-ethyl adjacent to an activating group) is 1. The van der Waals surface area contributed by atoms with E-state index >= 15 is 0 Å². The maximum Gasteiger partial charge on any atom is 0.259 e. The second-order valence-corrected chi connectivity index (χ2v) is 8.77. The number of aliphatic hydroxyl groups excluding tert-OH is 1. The van der Waals surface area contributed by atoms with Crippen molar-refractivity contribution in [3.8, 4) is 17.0 Å². The maximum absolute atomic E-state index is 13.5. The largest absolute Gasteiger partial charge is 0.472 e. The van der Waals surface area contributed by atoms with Crippen LogP contribution in [0.2, 0.25) is 0 Å². The van der Waals surface area contributed by atoms with Crippen LogP contribution in [-0.2, 0) is 9.53 Å². The monoisotopic (exact) mass is 455 g/mol. The van der Waals surface area contributed by atoms with Gasteiger partial charge in [0.2, 0.25) is 11.8 Å². The number of pyridine rings is 1. The lowest BCUT2D eigenvalue weighted by Gasteiger charge is -2.37. The molecule has 1 aromatic carbocycles. The van der Waals surface area contributed by atoms with Crippen molar-refractivity contribution in [2.45, 2.75) is 32.9 Å². The van der Waals surface area contributed by atoms with E-state index in [0.29, 0.717) is 18.7 Å². The van der Waals surface area contributed by atoms with E-state index in [1.807, 2.05) is 45.0 Å². The summed E-state index contributed by atoms with van der Waals surface area (Å²) in [6, 6.07) is 9.41. The van der Waals surface area contributed by atoms with Crippen molar-refractivity contribution >= 4 is 11.8 Å². The van der Waals surface area contributed by atoms with Crippen molar-refractivity contribution < 1.29 is 24.2 Å². The van der Waals surface area contributed by atoms with Crippen LogP contribution in [0.4, 0.5) is 0 Å². The highest BCUT2D eigenvalue weighted by atomic mass is 16.5. The number of nitrogens with zero attached hydrogens (tertiary/aromatic N) is 3. The van der Waals surface area contributed by atoms with Crippen LogP contribution in [-0.4, -0.2) is 84.3 Å². The van der Waals surface area contributed by atoms with Crippen LogP contribution in [0.3, 0.4) is 0 Å². The summed E-state index contributed by atoms with van der Waals surface area (Å²) in [5, 5.41) is 9.80. The predicted molar refractivity (Wildman–Crippen MR) is 125 cm³/mol. The molecule has 0 saturated heterocycles. The highest BCUT2D eigenvalue weighted by Gasteiger charge is 2.34. The topological polar surface area (TPSA) is 92.2 Å². The lowest BCUT2D eigenvalue weighted by molar-refractivity contribution is -0.135. The number of carbonyl (C=O) groups is 2. The Balaban J connectivity index is 2.00. The van der Waals surface area contributed by atoms with Gasteiger partial charge in [0.05, 0.1) is 19.2 Å². The number of rotatable bonds is 7. The van der Waals surface area contributed by atoms with E-state index in [0.717, 1.165) is 16.7 Å². The lowest BCUT2D eigenvalue weighted by atomic mass is 9.99. The molecule has 178 valence electrons. The molecule has 2 aromatic rings. The van der Waals surface area contributed by atoms with E-state index in [9.17, 15) is 14.7 Å². The van der Waals surface area contributed by atoms with Crippen LogP contribution in [0.1, 0.15) is 29.8 Å². The number of amides is 2. The second-order valence-electron chi connectivity index (χ2n) is 8.77. The summed E-state index contributed by atoms with van der Waals surface area (Å²) < 4.78 is 11.2. The Labute approximate surface area is 195 Å². The van der Waals surface area contributed by atoms with Gasteiger partial charge < -0.3 is 24.4 Å². The van der Waals surface area contributed by atoms with E-state index in [2.05, 4.69) is 4.98 Å². The normalized spacial score (nSPS) is 19.2. The fourth-order valence-corrected chi connectivity index (χ4v) is 3.83. The molecule has 3 atom stereocenters. The van der Waals surface area contributed by atoms with Crippen LogP contribution in [0, 0.1) is 12.8 Å². The van der Waals surface area contributed by atoms with Gasteiger partial charge in [-0.05, 0) is 25.5 Å². The molecule has 0 aliphatic carbocycles. The Morgan fingerprint density at radius 2 is 2.03 bits per heavy atom. The first-order valence-corrected chi connectivity index (χ1v) is 11.1. The number of methoxy groups -OCH3 is 1. The minimum atomic E-state index is -0.395. The molecular formula is C25H33N3O5. The van der Waals surface area contributed by atoms with Crippen LogP contribution >= 0.6 is 0 Å². The van der Waals surface area contributed by atoms with E-state index in [1.165, 1.54) is 7.11 Å². The molecule has 8 nitrogen and oxygen atoms in total. The first kappa shape index (κ1) is 24.7. The van der Waals surface area contributed by atoms with Crippen molar-refractivity contribution in [2.75, 3.05) is 40.5 Å². The van der Waals surface area contributed by atoms with Crippen molar-refractivity contribution in [1.29, 1.82) is 0 Å². The molecular weight excluding hydrogens is 422 g/mol. The number of carbonyl (C=O) groups excluding carboxylic acids is 2. The van der Waals surface area contributed by atoms with E-state index < -0.39 is 6.10 Å². The smallest absolute Gasteiger partial charge is 0.259 e. The Hall–Kier alpha value is -2.97. The highest BCUT2D eigenvalue weighted by molar-refractivity contribution is 5.98. The van der Waals surface area contributed by atoms with Crippen LogP contribution in [0.5, 0.6) is 5.88 Å². The minimum absolute atomic E-state index is 0.0154. The number of ether oxygens (including phenoxy) is 2. The fraction of sp³-hybridized carbons (Fsp3) is 0.480. The van der Waals surface area contributed by atoms with Crippen molar-refractivity contribution in [1.82, 2.24) is 14.8 Å². The van der Waals surface area contributed by atoms with Gasteiger partial charge in [0.1, 0.15) is 18.3 Å². The van der Waals surface area contributed by atoms with Crippen molar-refractivity contribution in [2.24, 2.45) is 5.92 Å². The van der Waals surface area contributed by atoms with Gasteiger partial charge >= 0.3 is 0 Å². The Morgan fingerprint density at radius 1 is 1.33 bits per heavy atom. The van der Waals surface area contributed by atoms with Gasteiger partial charge in [0.25, 0.3) is 5.91 Å². The van der Waals surface area contributed by atoms with E-state index in [1.54, 1.807) is 29.1 Å². The molecule has 0 bridgehead atoms. The third-order valence-corrected chi connectivity index (χ3v) is 6.05. The fourth-order valence-electron chi connectivity index (χ4n) is 3.83. The number of aromatic nitrogens is 1. The second kappa shape index (κ2) is 10.8. The Bertz CT molecular complexity index is 979. The molecule has 1 aromatic heterocycles. The maximum atomic E-state index is 13.5. The van der Waals surface area contributed by atoms with Gasteiger partial charge in [0.15, 0.2) is 0 Å². The number of hydrogen-bond donors (Lipinski definition) is 1. The van der Waals surface area contributed by atoms with E-state index in [-0.39, 0.29) is 42.9 Å². The van der Waals surface area contributed by atoms with Gasteiger partial charge in [-0.3, -0.25) is 9.59 Å². The number of aryl methyl sites for hydroxylation is 1. The predicted octanol–water partition coefficient (Wildman–Crippen LogP) is 2.38. The third kappa shape index (κ3) is 5.69. The first-order valence-electron chi connectivity index (χ1n) is 11.1. The summed E-state index contributed by atoms with van der Waals surface area (Å²) in [6.07, 6.45) is 1.30. The van der Waals surface area contributed by atoms with Crippen LogP contribution in [0.15, 0.2) is 36.5 Å². The quantitative estimate of drug-likeness (QED) is 0.689. The van der Waals surface area contributed by atoms with Crippen LogP contribution < -0.4 is 4.74 Å². The summed E-state index contributed by atoms with van der Waals surface area (Å²) >= 11 is 0. The molecule has 0 saturated carbocycles. The number of fused-ring (bicyclic) bond motifs is 1. The van der Waals surface area contributed by atoms with Gasteiger partial charge in [0, 0.05) is 38.4 Å². The lowest BCUT2D eigenvalue weighted by Crippen LogP contribution is -2.50. The first-order chi connectivity index (χ1) is 15.7. The zero-order chi connectivity index (χ0) is 24.1. The minimum Gasteiger partial charge on any atom is -0.472 e. The summed E-state index contributed by atoms with van der Waals surface area (Å²) in [7, 11) is 3.18. The molecule has 1 N–H and O–H groups in total. The van der Waals surface area contributed by atoms with Gasteiger partial charge in [-0.2, -0.15) is 0 Å². The zero-order valence-electron chi connectivity index (χ0n) is 19.9. The number of benzene rings is 1. The Kier molecular flexibility index (Phi) is 8.05. The highest BCUT2D eigenvalue weighted by Crippen LogP contribution is 2.30. The van der Waals surface area contributed by atoms with E-state index in [4.69, 9.17) is 9.47 Å². The average Bonchev–Trinajstić information content (AvgIpc) is 2.81. The summed E-state index contributed by atoms with van der Waals surface area (Å²) in [5.74, 6) is -0.264. The molecule has 0 fully saturated rings. The molecule has 8 heteroatoms. The Morgan fingerprint density at radius 3 is 2.67 bits per heavy atom. The molecule has 33 heavy (non-hydrogen) atoms. The van der Waals surface area contributed by atoms with Gasteiger partial charge in [-0.1, -0.05) is 36.8 Å². The molecule has 0 spiro atoms. The molecule has 0 radical (unpaired) electrons. The SMILES string of the molecule is COCC(=O)N(C)C[C@H]1Oc2ncc(-c3ccc(C)cc3)cc2C(=O)N([C@H](C)CO)C[C@@H]1C. The summed E-state index contributed by atoms with van der Waals surface area (Å²) in [6.45, 7) is 6.33. The zero-order valence-corrected chi connectivity index (χ0v) is 19.9. The third-order valence-electron chi connectivity index (χ3n) is 6.05. The molecule has 2 amide bonds. The average molecular weight is 456 g/mol. The summed E-state index contributed by atoms with van der Waals surface area (Å²) in [5.41, 5.74) is 3.24. The number of aliphatic hydroxyl groups is 1. The molecule has 1 aliphatic rings. The molecule has 3 rings (SSSR count). The van der Waals surface area contributed by atoms with Gasteiger partial charge in [-0.25, -0.2) is 4.98 Å². The molecule has 1 aliphatic heterocycles. The van der Waals surface area contributed by atoms with Gasteiger partial charge in [-0.15, -0.1) is 0 Å².